The lowest BCUT2D eigenvalue weighted by Crippen LogP contribution is -2.29. The molecule has 1 aromatic rings. The van der Waals surface area contributed by atoms with Crippen LogP contribution >= 0.6 is 0 Å². The fourth-order valence-electron chi connectivity index (χ4n) is 1.26. The lowest BCUT2D eigenvalue weighted by molar-refractivity contribution is 0.0751. The summed E-state index contributed by atoms with van der Waals surface area (Å²) in [6.07, 6.45) is 2.47. The molecule has 5 heteroatoms. The summed E-state index contributed by atoms with van der Waals surface area (Å²) >= 11 is 0. The number of aromatic nitrogens is 1. The minimum absolute atomic E-state index is 0.110. The molecule has 0 aliphatic rings. The summed E-state index contributed by atoms with van der Waals surface area (Å²) in [5.74, 6) is 0.225. The number of rotatable bonds is 5. The Kier molecular flexibility index (Phi) is 4.30. The third-order valence-electron chi connectivity index (χ3n) is 2.21. The van der Waals surface area contributed by atoms with Crippen LogP contribution in [0.2, 0.25) is 0 Å². The van der Waals surface area contributed by atoms with Crippen LogP contribution in [-0.2, 0) is 0 Å². The maximum Gasteiger partial charge on any atom is 0.292 e. The Hall–Kier alpha value is -1.36. The van der Waals surface area contributed by atoms with Crippen molar-refractivity contribution in [1.29, 1.82) is 0 Å². The fourth-order valence-corrected chi connectivity index (χ4v) is 1.26. The molecular weight excluding hydrogens is 194 g/mol. The molecule has 1 rings (SSSR count). The fraction of sp³-hybridized carbons (Fsp3) is 0.600. The van der Waals surface area contributed by atoms with Gasteiger partial charge in [-0.1, -0.05) is 5.16 Å². The molecular formula is C10H17N3O2. The van der Waals surface area contributed by atoms with Crippen molar-refractivity contribution in [3.8, 4) is 0 Å². The number of nitrogens with zero attached hydrogens (tertiary/aromatic N) is 2. The van der Waals surface area contributed by atoms with E-state index in [2.05, 4.69) is 10.5 Å². The molecule has 15 heavy (non-hydrogen) atoms. The van der Waals surface area contributed by atoms with E-state index in [-0.39, 0.29) is 5.91 Å². The molecule has 0 fully saturated rings. The van der Waals surface area contributed by atoms with Gasteiger partial charge in [0.05, 0.1) is 6.20 Å². The third-order valence-corrected chi connectivity index (χ3v) is 2.21. The second kappa shape index (κ2) is 5.50. The van der Waals surface area contributed by atoms with Crippen molar-refractivity contribution in [1.82, 2.24) is 15.4 Å². The molecule has 0 radical (unpaired) electrons. The van der Waals surface area contributed by atoms with Gasteiger partial charge in [-0.3, -0.25) is 4.79 Å². The van der Waals surface area contributed by atoms with E-state index in [9.17, 15) is 4.79 Å². The van der Waals surface area contributed by atoms with Gasteiger partial charge in [0, 0.05) is 19.2 Å². The Bertz CT molecular complexity index is 322. The highest BCUT2D eigenvalue weighted by Gasteiger charge is 2.17. The number of carbonyl (C=O) groups is 1. The predicted octanol–water partition coefficient (Wildman–Crippen LogP) is 0.665. The molecule has 1 aromatic heterocycles. The van der Waals surface area contributed by atoms with E-state index in [4.69, 9.17) is 4.52 Å². The van der Waals surface area contributed by atoms with E-state index < -0.39 is 0 Å². The summed E-state index contributed by atoms with van der Waals surface area (Å²) in [5, 5.41) is 6.62. The molecule has 0 bridgehead atoms. The molecule has 0 saturated carbocycles. The van der Waals surface area contributed by atoms with E-state index in [1.165, 1.54) is 0 Å². The van der Waals surface area contributed by atoms with Gasteiger partial charge in [-0.05, 0) is 26.9 Å². The smallest absolute Gasteiger partial charge is 0.292 e. The predicted molar refractivity (Wildman–Crippen MR) is 56.7 cm³/mol. The first-order valence-electron chi connectivity index (χ1n) is 4.98. The molecule has 1 N–H and O–H groups in total. The third kappa shape index (κ3) is 3.06. The van der Waals surface area contributed by atoms with Crippen LogP contribution in [0.25, 0.3) is 0 Å². The maximum absolute atomic E-state index is 11.8. The summed E-state index contributed by atoms with van der Waals surface area (Å²) in [6.45, 7) is 3.41. The Morgan fingerprint density at radius 3 is 2.93 bits per heavy atom. The van der Waals surface area contributed by atoms with E-state index in [1.807, 2.05) is 14.0 Å². The average molecular weight is 211 g/mol. The van der Waals surface area contributed by atoms with Crippen LogP contribution in [0.15, 0.2) is 10.7 Å². The van der Waals surface area contributed by atoms with Gasteiger partial charge in [0.15, 0.2) is 0 Å². The Morgan fingerprint density at radius 2 is 2.40 bits per heavy atom. The molecule has 1 heterocycles. The van der Waals surface area contributed by atoms with Gasteiger partial charge in [-0.15, -0.1) is 0 Å². The van der Waals surface area contributed by atoms with Crippen LogP contribution in [0.1, 0.15) is 22.5 Å². The highest BCUT2D eigenvalue weighted by Crippen LogP contribution is 2.08. The van der Waals surface area contributed by atoms with Crippen LogP contribution in [0.4, 0.5) is 0 Å². The standard InChI is InChI=1S/C10H17N3O2/c1-8-7-12-15-9(8)10(14)13(3)6-4-5-11-2/h7,11H,4-6H2,1-3H3. The molecule has 0 spiro atoms. The van der Waals surface area contributed by atoms with Gasteiger partial charge >= 0.3 is 0 Å². The number of hydrogen-bond acceptors (Lipinski definition) is 4. The quantitative estimate of drug-likeness (QED) is 0.727. The van der Waals surface area contributed by atoms with Crippen LogP contribution < -0.4 is 5.32 Å². The zero-order valence-corrected chi connectivity index (χ0v) is 9.41. The van der Waals surface area contributed by atoms with E-state index in [0.717, 1.165) is 18.5 Å². The summed E-state index contributed by atoms with van der Waals surface area (Å²) < 4.78 is 4.90. The molecule has 0 saturated heterocycles. The summed E-state index contributed by atoms with van der Waals surface area (Å²) in [5.41, 5.74) is 0.778. The summed E-state index contributed by atoms with van der Waals surface area (Å²) in [7, 11) is 3.66. The Balaban J connectivity index is 2.50. The van der Waals surface area contributed by atoms with Crippen LogP contribution in [-0.4, -0.2) is 43.1 Å². The molecule has 0 atom stereocenters. The van der Waals surface area contributed by atoms with Gasteiger partial charge in [-0.25, -0.2) is 0 Å². The normalized spacial score (nSPS) is 10.3. The van der Waals surface area contributed by atoms with Crippen LogP contribution in [0, 0.1) is 6.92 Å². The minimum atomic E-state index is -0.110. The lowest BCUT2D eigenvalue weighted by atomic mass is 10.2. The average Bonchev–Trinajstić information content (AvgIpc) is 2.63. The topological polar surface area (TPSA) is 58.4 Å². The van der Waals surface area contributed by atoms with Crippen molar-refractivity contribution < 1.29 is 9.32 Å². The molecule has 0 aromatic carbocycles. The van der Waals surface area contributed by atoms with Crippen molar-refractivity contribution >= 4 is 5.91 Å². The molecule has 0 unspecified atom stereocenters. The molecule has 84 valence electrons. The number of hydrogen-bond donors (Lipinski definition) is 1. The molecule has 0 aliphatic carbocycles. The second-order valence-corrected chi connectivity index (χ2v) is 3.52. The van der Waals surface area contributed by atoms with E-state index in [0.29, 0.717) is 12.3 Å². The molecule has 1 amide bonds. The van der Waals surface area contributed by atoms with E-state index in [1.54, 1.807) is 18.1 Å². The maximum atomic E-state index is 11.8. The van der Waals surface area contributed by atoms with Gasteiger partial charge in [0.25, 0.3) is 5.91 Å². The summed E-state index contributed by atoms with van der Waals surface area (Å²) in [4.78, 5) is 13.4. The van der Waals surface area contributed by atoms with Gasteiger partial charge in [-0.2, -0.15) is 0 Å². The zero-order valence-electron chi connectivity index (χ0n) is 9.41. The first-order valence-corrected chi connectivity index (χ1v) is 4.98. The first kappa shape index (κ1) is 11.7. The largest absolute Gasteiger partial charge is 0.351 e. The highest BCUT2D eigenvalue weighted by molar-refractivity contribution is 5.92. The Morgan fingerprint density at radius 1 is 1.67 bits per heavy atom. The SMILES string of the molecule is CNCCCN(C)C(=O)c1oncc1C. The number of carbonyl (C=O) groups excluding carboxylic acids is 1. The monoisotopic (exact) mass is 211 g/mol. The Labute approximate surface area is 89.4 Å². The highest BCUT2D eigenvalue weighted by atomic mass is 16.5. The van der Waals surface area contributed by atoms with Gasteiger partial charge in [0.1, 0.15) is 0 Å². The van der Waals surface area contributed by atoms with Crippen LogP contribution in [0.5, 0.6) is 0 Å². The number of amides is 1. The van der Waals surface area contributed by atoms with Crippen molar-refractivity contribution in [3.63, 3.8) is 0 Å². The lowest BCUT2D eigenvalue weighted by Gasteiger charge is -2.15. The van der Waals surface area contributed by atoms with Crippen molar-refractivity contribution in [2.75, 3.05) is 27.2 Å². The number of nitrogens with one attached hydrogen (secondary N) is 1. The van der Waals surface area contributed by atoms with Gasteiger partial charge in [0.2, 0.25) is 5.76 Å². The number of aryl methyl sites for hydroxylation is 1. The van der Waals surface area contributed by atoms with Crippen molar-refractivity contribution in [2.45, 2.75) is 13.3 Å². The van der Waals surface area contributed by atoms with Crippen molar-refractivity contribution in [2.24, 2.45) is 0 Å². The molecule has 5 nitrogen and oxygen atoms in total. The summed E-state index contributed by atoms with van der Waals surface area (Å²) in [6, 6.07) is 0. The van der Waals surface area contributed by atoms with Crippen molar-refractivity contribution in [3.05, 3.63) is 17.5 Å². The minimum Gasteiger partial charge on any atom is -0.351 e. The van der Waals surface area contributed by atoms with Gasteiger partial charge < -0.3 is 14.7 Å². The van der Waals surface area contributed by atoms with Crippen LogP contribution in [0.3, 0.4) is 0 Å². The zero-order chi connectivity index (χ0) is 11.3. The molecule has 0 aliphatic heterocycles. The second-order valence-electron chi connectivity index (χ2n) is 3.52. The first-order chi connectivity index (χ1) is 7.16. The van der Waals surface area contributed by atoms with E-state index >= 15 is 0 Å².